The number of nitrogens with zero attached hydrogens (tertiary/aromatic N) is 2. The number of fused-ring (bicyclic) bond motifs is 5. The lowest BCUT2D eigenvalue weighted by atomic mass is 9.49. The van der Waals surface area contributed by atoms with Crippen LogP contribution in [-0.4, -0.2) is 36.4 Å². The molecule has 0 aromatic carbocycles. The number of pyridine rings is 1. The van der Waals surface area contributed by atoms with Crippen molar-refractivity contribution in [2.45, 2.75) is 65.4 Å². The molecule has 1 aliphatic heterocycles. The van der Waals surface area contributed by atoms with E-state index in [4.69, 9.17) is 14.5 Å². The number of methoxy groups -OCH3 is 1. The Morgan fingerprint density at radius 2 is 1.94 bits per heavy atom. The molecule has 5 rings (SSSR count). The Kier molecular flexibility index (Phi) is 4.98. The molecule has 2 fully saturated rings. The van der Waals surface area contributed by atoms with E-state index in [1.165, 1.54) is 36.6 Å². The maximum Gasteiger partial charge on any atom is 0.302 e. The maximum absolute atomic E-state index is 11.4. The van der Waals surface area contributed by atoms with Gasteiger partial charge in [0.25, 0.3) is 0 Å². The molecule has 5 heteroatoms. The highest BCUT2D eigenvalue weighted by Gasteiger charge is 2.57. The minimum Gasteiger partial charge on any atom is -0.495 e. The summed E-state index contributed by atoms with van der Waals surface area (Å²) in [6.07, 6.45) is 12.7. The van der Waals surface area contributed by atoms with Crippen molar-refractivity contribution in [2.24, 2.45) is 33.6 Å². The van der Waals surface area contributed by atoms with Gasteiger partial charge >= 0.3 is 5.97 Å². The molecule has 0 radical (unpaired) electrons. The van der Waals surface area contributed by atoms with Gasteiger partial charge in [0.2, 0.25) is 0 Å². The molecule has 0 bridgehead atoms. The van der Waals surface area contributed by atoms with Crippen LogP contribution in [0.25, 0.3) is 5.57 Å². The fourth-order valence-electron chi connectivity index (χ4n) is 7.38. The maximum atomic E-state index is 11.4. The Morgan fingerprint density at radius 1 is 1.13 bits per heavy atom. The molecular weight excluding hydrogens is 388 g/mol. The molecule has 2 heterocycles. The highest BCUT2D eigenvalue weighted by Crippen LogP contribution is 2.64. The van der Waals surface area contributed by atoms with Crippen LogP contribution in [-0.2, 0) is 9.53 Å². The minimum absolute atomic E-state index is 0.00930. The number of ether oxygens (including phenoxy) is 2. The van der Waals surface area contributed by atoms with E-state index < -0.39 is 0 Å². The second-order valence-electron chi connectivity index (χ2n) is 10.5. The van der Waals surface area contributed by atoms with Gasteiger partial charge in [0.1, 0.15) is 11.9 Å². The Balaban J connectivity index is 1.40. The highest BCUT2D eigenvalue weighted by molar-refractivity contribution is 5.92. The SMILES string of the molecule is COc1cncc(C2=CC[C@H]3[C@@H]4CN=C5CC(OC(C)=O)CC[C@]5(C)[C@H]4CC[C@]23C)c1. The normalized spacial score (nSPS) is 38.8. The van der Waals surface area contributed by atoms with Crippen molar-refractivity contribution >= 4 is 17.3 Å². The van der Waals surface area contributed by atoms with Gasteiger partial charge in [-0.3, -0.25) is 14.8 Å². The number of esters is 1. The summed E-state index contributed by atoms with van der Waals surface area (Å²) in [5, 5.41) is 0. The van der Waals surface area contributed by atoms with Crippen molar-refractivity contribution < 1.29 is 14.3 Å². The van der Waals surface area contributed by atoms with Gasteiger partial charge in [-0.15, -0.1) is 0 Å². The number of allylic oxidation sites excluding steroid dienone is 2. The van der Waals surface area contributed by atoms with Gasteiger partial charge in [-0.05, 0) is 72.5 Å². The predicted molar refractivity (Wildman–Crippen MR) is 121 cm³/mol. The molecule has 0 amide bonds. The number of carbonyl (C=O) groups excluding carboxylic acids is 1. The van der Waals surface area contributed by atoms with Crippen molar-refractivity contribution in [3.63, 3.8) is 0 Å². The van der Waals surface area contributed by atoms with Gasteiger partial charge in [-0.25, -0.2) is 0 Å². The quantitative estimate of drug-likeness (QED) is 0.636. The van der Waals surface area contributed by atoms with Crippen LogP contribution in [0.1, 0.15) is 64.9 Å². The van der Waals surface area contributed by atoms with Gasteiger partial charge in [0.05, 0.1) is 13.3 Å². The first-order valence-corrected chi connectivity index (χ1v) is 11.8. The molecule has 2 saturated carbocycles. The Hall–Kier alpha value is -2.17. The van der Waals surface area contributed by atoms with E-state index in [1.54, 1.807) is 13.3 Å². The Labute approximate surface area is 185 Å². The molecule has 5 nitrogen and oxygen atoms in total. The van der Waals surface area contributed by atoms with E-state index in [-0.39, 0.29) is 22.9 Å². The molecule has 0 saturated heterocycles. The first-order chi connectivity index (χ1) is 14.8. The van der Waals surface area contributed by atoms with Crippen molar-refractivity contribution in [1.29, 1.82) is 0 Å². The molecule has 4 aliphatic rings. The average Bonchev–Trinajstić information content (AvgIpc) is 3.11. The van der Waals surface area contributed by atoms with Crippen LogP contribution >= 0.6 is 0 Å². The lowest BCUT2D eigenvalue weighted by Gasteiger charge is -2.57. The molecular formula is C26H34N2O3. The number of aromatic nitrogens is 1. The van der Waals surface area contributed by atoms with Crippen LogP contribution in [0.2, 0.25) is 0 Å². The van der Waals surface area contributed by atoms with Crippen molar-refractivity contribution in [2.75, 3.05) is 13.7 Å². The number of hydrogen-bond acceptors (Lipinski definition) is 5. The lowest BCUT2D eigenvalue weighted by molar-refractivity contribution is -0.147. The number of aliphatic imine (C=N–C) groups is 1. The largest absolute Gasteiger partial charge is 0.495 e. The molecule has 3 aliphatic carbocycles. The van der Waals surface area contributed by atoms with Crippen LogP contribution in [0.15, 0.2) is 29.5 Å². The third kappa shape index (κ3) is 3.23. The first kappa shape index (κ1) is 20.7. The summed E-state index contributed by atoms with van der Waals surface area (Å²) in [7, 11) is 1.70. The first-order valence-electron chi connectivity index (χ1n) is 11.8. The van der Waals surface area contributed by atoms with Crippen molar-refractivity contribution in [3.05, 3.63) is 30.1 Å². The van der Waals surface area contributed by atoms with Gasteiger partial charge in [-0.1, -0.05) is 19.9 Å². The predicted octanol–water partition coefficient (Wildman–Crippen LogP) is 5.10. The Morgan fingerprint density at radius 3 is 2.71 bits per heavy atom. The fraction of sp³-hybridized carbons (Fsp3) is 0.654. The minimum atomic E-state index is -0.173. The van der Waals surface area contributed by atoms with E-state index in [2.05, 4.69) is 31.0 Å². The summed E-state index contributed by atoms with van der Waals surface area (Å²) in [6.45, 7) is 7.33. The van der Waals surface area contributed by atoms with Crippen LogP contribution < -0.4 is 4.74 Å². The second-order valence-corrected chi connectivity index (χ2v) is 10.5. The summed E-state index contributed by atoms with van der Waals surface area (Å²) < 4.78 is 11.0. The van der Waals surface area contributed by atoms with E-state index >= 15 is 0 Å². The smallest absolute Gasteiger partial charge is 0.302 e. The van der Waals surface area contributed by atoms with E-state index in [0.717, 1.165) is 38.0 Å². The summed E-state index contributed by atoms with van der Waals surface area (Å²) in [4.78, 5) is 21.0. The zero-order valence-corrected chi connectivity index (χ0v) is 19.2. The third-order valence-electron chi connectivity index (χ3n) is 8.99. The summed E-state index contributed by atoms with van der Waals surface area (Å²) in [5.74, 6) is 2.56. The fourth-order valence-corrected chi connectivity index (χ4v) is 7.38. The van der Waals surface area contributed by atoms with Crippen LogP contribution in [0.3, 0.4) is 0 Å². The molecule has 1 unspecified atom stereocenters. The zero-order valence-electron chi connectivity index (χ0n) is 19.2. The van der Waals surface area contributed by atoms with Gasteiger partial charge in [-0.2, -0.15) is 0 Å². The van der Waals surface area contributed by atoms with Gasteiger partial charge in [0, 0.05) is 37.2 Å². The molecule has 0 spiro atoms. The van der Waals surface area contributed by atoms with Crippen molar-refractivity contribution in [3.8, 4) is 5.75 Å². The number of hydrogen-bond donors (Lipinski definition) is 0. The van der Waals surface area contributed by atoms with Gasteiger partial charge in [0.15, 0.2) is 0 Å². The molecule has 1 aromatic rings. The summed E-state index contributed by atoms with van der Waals surface area (Å²) >= 11 is 0. The van der Waals surface area contributed by atoms with Crippen LogP contribution in [0.5, 0.6) is 5.75 Å². The summed E-state index contributed by atoms with van der Waals surface area (Å²) in [5.41, 5.74) is 4.28. The highest BCUT2D eigenvalue weighted by atomic mass is 16.5. The third-order valence-corrected chi connectivity index (χ3v) is 8.99. The average molecular weight is 423 g/mol. The molecule has 166 valence electrons. The van der Waals surface area contributed by atoms with Gasteiger partial charge < -0.3 is 9.47 Å². The lowest BCUT2D eigenvalue weighted by Crippen LogP contribution is -2.54. The monoisotopic (exact) mass is 422 g/mol. The molecule has 31 heavy (non-hydrogen) atoms. The topological polar surface area (TPSA) is 60.8 Å². The zero-order chi connectivity index (χ0) is 21.8. The van der Waals surface area contributed by atoms with Crippen LogP contribution in [0, 0.1) is 28.6 Å². The molecule has 0 N–H and O–H groups in total. The van der Waals surface area contributed by atoms with Crippen molar-refractivity contribution in [1.82, 2.24) is 4.98 Å². The summed E-state index contributed by atoms with van der Waals surface area (Å²) in [6, 6.07) is 2.13. The van der Waals surface area contributed by atoms with E-state index in [9.17, 15) is 4.79 Å². The standard InChI is InChI=1S/C26H34N2O3/c1-16(29)31-18-7-9-26(3)23-8-10-25(2)21(17-11-19(30-4)14-27-13-17)5-6-22(25)20(23)15-28-24(26)12-18/h5,11,13-14,18,20,22-23H,6-10,12,15H2,1-4H3/t18?,20-,22-,23-,25+,26+/m0/s1. The molecule has 6 atom stereocenters. The molecule has 1 aromatic heterocycles. The van der Waals surface area contributed by atoms with E-state index in [0.29, 0.717) is 17.8 Å². The van der Waals surface area contributed by atoms with Crippen LogP contribution in [0.4, 0.5) is 0 Å². The van der Waals surface area contributed by atoms with E-state index in [1.807, 2.05) is 6.20 Å². The number of carbonyl (C=O) groups is 1. The second kappa shape index (κ2) is 7.46. The Bertz CT molecular complexity index is 954. The number of rotatable bonds is 3.